The Morgan fingerprint density at radius 1 is 1.31 bits per heavy atom. The van der Waals surface area contributed by atoms with Crippen molar-refractivity contribution in [2.24, 2.45) is 0 Å². The summed E-state index contributed by atoms with van der Waals surface area (Å²) in [7, 11) is 3.64. The van der Waals surface area contributed by atoms with E-state index in [-0.39, 0.29) is 5.91 Å². The Hall–Kier alpha value is -0.610. The van der Waals surface area contributed by atoms with Crippen molar-refractivity contribution < 1.29 is 4.79 Å². The van der Waals surface area contributed by atoms with E-state index >= 15 is 0 Å². The molecule has 1 N–H and O–H groups in total. The molecular weight excluding hydrogens is 202 g/mol. The third kappa shape index (κ3) is 4.10. The van der Waals surface area contributed by atoms with E-state index in [0.717, 1.165) is 32.6 Å². The topological polar surface area (TPSA) is 35.6 Å². The molecule has 0 saturated carbocycles. The van der Waals surface area contributed by atoms with Crippen LogP contribution in [-0.2, 0) is 4.79 Å². The SMILES string of the molecule is CCCN(CCCC(=O)N(C)C)C1CNC1. The van der Waals surface area contributed by atoms with Gasteiger partial charge >= 0.3 is 0 Å². The second kappa shape index (κ2) is 6.86. The fourth-order valence-corrected chi connectivity index (χ4v) is 1.95. The summed E-state index contributed by atoms with van der Waals surface area (Å²) in [5.41, 5.74) is 0. The molecule has 1 amide bonds. The van der Waals surface area contributed by atoms with Gasteiger partial charge in [-0.3, -0.25) is 9.69 Å². The fourth-order valence-electron chi connectivity index (χ4n) is 1.95. The second-order valence-corrected chi connectivity index (χ2v) is 4.74. The zero-order chi connectivity index (χ0) is 12.0. The van der Waals surface area contributed by atoms with E-state index in [0.29, 0.717) is 12.5 Å². The number of rotatable bonds is 7. The molecule has 4 heteroatoms. The van der Waals surface area contributed by atoms with Gasteiger partial charge in [-0.1, -0.05) is 6.92 Å². The summed E-state index contributed by atoms with van der Waals surface area (Å²) in [5, 5.41) is 3.30. The lowest BCUT2D eigenvalue weighted by Gasteiger charge is -2.38. The van der Waals surface area contributed by atoms with E-state index in [9.17, 15) is 4.79 Å². The predicted octanol–water partition coefficient (Wildman–Crippen LogP) is 0.539. The smallest absolute Gasteiger partial charge is 0.222 e. The van der Waals surface area contributed by atoms with Crippen LogP contribution in [0.15, 0.2) is 0 Å². The monoisotopic (exact) mass is 227 g/mol. The highest BCUT2D eigenvalue weighted by Gasteiger charge is 2.23. The van der Waals surface area contributed by atoms with Gasteiger partial charge in [0.1, 0.15) is 0 Å². The molecule has 16 heavy (non-hydrogen) atoms. The molecule has 0 aromatic carbocycles. The van der Waals surface area contributed by atoms with E-state index in [1.807, 2.05) is 14.1 Å². The highest BCUT2D eigenvalue weighted by atomic mass is 16.2. The molecule has 1 fully saturated rings. The Bertz CT molecular complexity index is 214. The molecule has 1 heterocycles. The maximum atomic E-state index is 11.4. The lowest BCUT2D eigenvalue weighted by molar-refractivity contribution is -0.128. The quantitative estimate of drug-likeness (QED) is 0.689. The third-order valence-corrected chi connectivity index (χ3v) is 3.12. The molecule has 4 nitrogen and oxygen atoms in total. The minimum Gasteiger partial charge on any atom is -0.349 e. The van der Waals surface area contributed by atoms with Gasteiger partial charge in [0.15, 0.2) is 0 Å². The van der Waals surface area contributed by atoms with Crippen molar-refractivity contribution in [2.45, 2.75) is 32.2 Å². The minimum atomic E-state index is 0.239. The van der Waals surface area contributed by atoms with E-state index in [2.05, 4.69) is 17.1 Å². The molecule has 0 atom stereocenters. The summed E-state index contributed by atoms with van der Waals surface area (Å²) in [6.45, 7) is 6.65. The fraction of sp³-hybridized carbons (Fsp3) is 0.917. The molecule has 0 aromatic heterocycles. The van der Waals surface area contributed by atoms with Gasteiger partial charge in [-0.05, 0) is 25.9 Å². The number of carbonyl (C=O) groups is 1. The molecule has 0 radical (unpaired) electrons. The minimum absolute atomic E-state index is 0.239. The predicted molar refractivity (Wildman–Crippen MR) is 66.4 cm³/mol. The van der Waals surface area contributed by atoms with Crippen LogP contribution in [0.2, 0.25) is 0 Å². The number of nitrogens with zero attached hydrogens (tertiary/aromatic N) is 2. The van der Waals surface area contributed by atoms with E-state index < -0.39 is 0 Å². The summed E-state index contributed by atoms with van der Waals surface area (Å²) >= 11 is 0. The average molecular weight is 227 g/mol. The molecule has 1 aliphatic heterocycles. The van der Waals surface area contributed by atoms with Crippen molar-refractivity contribution >= 4 is 5.91 Å². The number of amides is 1. The van der Waals surface area contributed by atoms with E-state index in [1.165, 1.54) is 6.42 Å². The summed E-state index contributed by atoms with van der Waals surface area (Å²) in [5.74, 6) is 0.239. The van der Waals surface area contributed by atoms with Crippen molar-refractivity contribution in [3.05, 3.63) is 0 Å². The van der Waals surface area contributed by atoms with Crippen LogP contribution >= 0.6 is 0 Å². The first-order valence-corrected chi connectivity index (χ1v) is 6.30. The van der Waals surface area contributed by atoms with Gasteiger partial charge in [0, 0.05) is 39.6 Å². The lowest BCUT2D eigenvalue weighted by atomic mass is 10.1. The van der Waals surface area contributed by atoms with E-state index in [4.69, 9.17) is 0 Å². The van der Waals surface area contributed by atoms with Crippen LogP contribution in [0.25, 0.3) is 0 Å². The summed E-state index contributed by atoms with van der Waals surface area (Å²) in [6.07, 6.45) is 2.85. The Morgan fingerprint density at radius 3 is 2.44 bits per heavy atom. The number of nitrogens with one attached hydrogen (secondary N) is 1. The molecule has 0 aromatic rings. The van der Waals surface area contributed by atoms with Gasteiger partial charge in [0.05, 0.1) is 0 Å². The first-order chi connectivity index (χ1) is 7.65. The highest BCUT2D eigenvalue weighted by molar-refractivity contribution is 5.75. The van der Waals surface area contributed by atoms with Gasteiger partial charge in [-0.15, -0.1) is 0 Å². The molecule has 94 valence electrons. The molecule has 0 aliphatic carbocycles. The number of hydrogen-bond acceptors (Lipinski definition) is 3. The van der Waals surface area contributed by atoms with Gasteiger partial charge in [-0.25, -0.2) is 0 Å². The first-order valence-electron chi connectivity index (χ1n) is 6.30. The van der Waals surface area contributed by atoms with Crippen LogP contribution < -0.4 is 5.32 Å². The van der Waals surface area contributed by atoms with Crippen LogP contribution in [0.5, 0.6) is 0 Å². The second-order valence-electron chi connectivity index (χ2n) is 4.74. The van der Waals surface area contributed by atoms with Crippen molar-refractivity contribution in [3.63, 3.8) is 0 Å². The largest absolute Gasteiger partial charge is 0.349 e. The molecule has 1 rings (SSSR count). The zero-order valence-electron chi connectivity index (χ0n) is 10.8. The van der Waals surface area contributed by atoms with Crippen molar-refractivity contribution in [3.8, 4) is 0 Å². The molecule has 0 bridgehead atoms. The molecule has 0 spiro atoms. The van der Waals surface area contributed by atoms with Crippen molar-refractivity contribution in [2.75, 3.05) is 40.3 Å². The molecule has 1 aliphatic rings. The normalized spacial score (nSPS) is 16.2. The molecule has 1 saturated heterocycles. The molecule has 0 unspecified atom stereocenters. The Kier molecular flexibility index (Phi) is 5.77. The summed E-state index contributed by atoms with van der Waals surface area (Å²) in [4.78, 5) is 15.6. The third-order valence-electron chi connectivity index (χ3n) is 3.12. The molecular formula is C12H25N3O. The van der Waals surface area contributed by atoms with Gasteiger partial charge in [-0.2, -0.15) is 0 Å². The van der Waals surface area contributed by atoms with Crippen LogP contribution in [-0.4, -0.2) is 62.0 Å². The summed E-state index contributed by atoms with van der Waals surface area (Å²) < 4.78 is 0. The van der Waals surface area contributed by atoms with Crippen LogP contribution in [0.3, 0.4) is 0 Å². The average Bonchev–Trinajstić information content (AvgIpc) is 2.14. The van der Waals surface area contributed by atoms with Gasteiger partial charge in [0.25, 0.3) is 0 Å². The highest BCUT2D eigenvalue weighted by Crippen LogP contribution is 2.08. The van der Waals surface area contributed by atoms with Gasteiger partial charge in [0.2, 0.25) is 5.91 Å². The Morgan fingerprint density at radius 2 is 2.00 bits per heavy atom. The van der Waals surface area contributed by atoms with Crippen LogP contribution in [0, 0.1) is 0 Å². The lowest BCUT2D eigenvalue weighted by Crippen LogP contribution is -2.57. The number of carbonyl (C=O) groups excluding carboxylic acids is 1. The van der Waals surface area contributed by atoms with Gasteiger partial charge < -0.3 is 10.2 Å². The van der Waals surface area contributed by atoms with Crippen LogP contribution in [0.4, 0.5) is 0 Å². The Balaban J connectivity index is 2.19. The summed E-state index contributed by atoms with van der Waals surface area (Å²) in [6, 6.07) is 0.703. The maximum absolute atomic E-state index is 11.4. The number of hydrogen-bond donors (Lipinski definition) is 1. The standard InChI is InChI=1S/C12H25N3O/c1-4-7-15(11-9-13-10-11)8-5-6-12(16)14(2)3/h11,13H,4-10H2,1-3H3. The maximum Gasteiger partial charge on any atom is 0.222 e. The van der Waals surface area contributed by atoms with E-state index in [1.54, 1.807) is 4.90 Å². The first kappa shape index (κ1) is 13.5. The Labute approximate surface area is 99.0 Å². The zero-order valence-corrected chi connectivity index (χ0v) is 10.8. The van der Waals surface area contributed by atoms with Crippen molar-refractivity contribution in [1.82, 2.24) is 15.1 Å². The van der Waals surface area contributed by atoms with Crippen molar-refractivity contribution in [1.29, 1.82) is 0 Å². The van der Waals surface area contributed by atoms with Crippen LogP contribution in [0.1, 0.15) is 26.2 Å².